The maximum absolute atomic E-state index is 10.3. The van der Waals surface area contributed by atoms with Gasteiger partial charge in [0.05, 0.1) is 0 Å². The Balaban J connectivity index is -0.00000220. The zero-order valence-corrected chi connectivity index (χ0v) is 14.0. The average Bonchev–Trinajstić information content (AvgIpc) is 2.46. The summed E-state index contributed by atoms with van der Waals surface area (Å²) in [5.41, 5.74) is 0. The van der Waals surface area contributed by atoms with Crippen molar-refractivity contribution in [2.45, 2.75) is 103 Å². The van der Waals surface area contributed by atoms with Crippen LogP contribution < -0.4 is 0 Å². The molecule has 0 spiro atoms. The molecule has 0 aromatic rings. The summed E-state index contributed by atoms with van der Waals surface area (Å²) in [6.07, 6.45) is 17.0. The normalized spacial score (nSPS) is 9.83. The van der Waals surface area contributed by atoms with Crippen LogP contribution in [0.25, 0.3) is 0 Å². The molecule has 0 unspecified atom stereocenters. The fourth-order valence-corrected chi connectivity index (χ4v) is 2.67. The van der Waals surface area contributed by atoms with Crippen LogP contribution in [0.4, 0.5) is 0 Å². The molecule has 0 saturated carbocycles. The van der Waals surface area contributed by atoms with E-state index in [0.29, 0.717) is 12.8 Å². The van der Waals surface area contributed by atoms with Crippen LogP contribution in [0.2, 0.25) is 0 Å². The van der Waals surface area contributed by atoms with Crippen LogP contribution in [0.15, 0.2) is 0 Å². The maximum atomic E-state index is 10.3. The Hall–Kier alpha value is 2.21. The van der Waals surface area contributed by atoms with Crippen molar-refractivity contribution in [1.29, 1.82) is 0 Å². The van der Waals surface area contributed by atoms with Gasteiger partial charge in [-0.1, -0.05) is 77.0 Å². The van der Waals surface area contributed by atoms with Gasteiger partial charge in [0.15, 0.2) is 0 Å². The molecule has 0 radical (unpaired) electrons. The number of hydrogen-bond acceptors (Lipinski definition) is 2. The monoisotopic (exact) mass is 394 g/mol. The van der Waals surface area contributed by atoms with E-state index < -0.39 is 11.9 Å². The van der Waals surface area contributed by atoms with Gasteiger partial charge in [0.2, 0.25) is 0 Å². The van der Waals surface area contributed by atoms with Gasteiger partial charge in [-0.15, -0.1) is 0 Å². The molecule has 0 aromatic carbocycles. The standard InChI is InChI=1S/C18H34O4.2K.2H/c19-17(20)15-13-11-9-7-5-3-1-2-4-6-8-10-12-14-16-18(21)22;;;;/h1-16H2,(H,19,20)(H,21,22);;;;. The van der Waals surface area contributed by atoms with Gasteiger partial charge in [0, 0.05) is 12.8 Å². The summed E-state index contributed by atoms with van der Waals surface area (Å²) in [5, 5.41) is 17.0. The summed E-state index contributed by atoms with van der Waals surface area (Å²) >= 11 is 0. The van der Waals surface area contributed by atoms with Crippen molar-refractivity contribution < 1.29 is 19.8 Å². The number of unbranched alkanes of at least 4 members (excludes halogenated alkanes) is 13. The molecule has 0 heterocycles. The molecule has 24 heavy (non-hydrogen) atoms. The number of carbonyl (C=O) groups is 2. The van der Waals surface area contributed by atoms with Gasteiger partial charge in [-0.2, -0.15) is 0 Å². The van der Waals surface area contributed by atoms with E-state index in [9.17, 15) is 9.59 Å². The van der Waals surface area contributed by atoms with Crippen molar-refractivity contribution in [3.8, 4) is 0 Å². The predicted molar refractivity (Wildman–Crippen MR) is 103 cm³/mol. The molecule has 0 atom stereocenters. The van der Waals surface area contributed by atoms with Crippen LogP contribution in [0.3, 0.4) is 0 Å². The second-order valence-electron chi connectivity index (χ2n) is 6.24. The molecule has 0 aromatic heterocycles. The Bertz CT molecular complexity index is 258. The topological polar surface area (TPSA) is 74.6 Å². The van der Waals surface area contributed by atoms with Crippen molar-refractivity contribution in [3.05, 3.63) is 0 Å². The fourth-order valence-electron chi connectivity index (χ4n) is 2.67. The Kier molecular flexibility index (Phi) is 32.5. The van der Waals surface area contributed by atoms with E-state index in [4.69, 9.17) is 10.2 Å². The third kappa shape index (κ3) is 29.0. The summed E-state index contributed by atoms with van der Waals surface area (Å²) < 4.78 is 0. The first-order chi connectivity index (χ1) is 10.6. The second kappa shape index (κ2) is 25.2. The number of carboxylic acid groups (broad SMARTS) is 2. The summed E-state index contributed by atoms with van der Waals surface area (Å²) in [6.45, 7) is 0. The minimum absolute atomic E-state index is 0. The average molecular weight is 395 g/mol. The molecule has 0 amide bonds. The zero-order chi connectivity index (χ0) is 16.5. The summed E-state index contributed by atoms with van der Waals surface area (Å²) in [7, 11) is 0. The van der Waals surface area contributed by atoms with Crippen LogP contribution in [-0.2, 0) is 9.59 Å². The summed E-state index contributed by atoms with van der Waals surface area (Å²) in [5.74, 6) is -1.36. The fraction of sp³-hybridized carbons (Fsp3) is 0.889. The molecule has 0 aliphatic heterocycles. The van der Waals surface area contributed by atoms with E-state index in [1.54, 1.807) is 0 Å². The van der Waals surface area contributed by atoms with Crippen molar-refractivity contribution in [1.82, 2.24) is 0 Å². The Labute approximate surface area is 233 Å². The van der Waals surface area contributed by atoms with E-state index in [1.165, 1.54) is 64.2 Å². The molecule has 0 saturated heterocycles. The molecule has 0 aliphatic carbocycles. The third-order valence-electron chi connectivity index (χ3n) is 4.03. The van der Waals surface area contributed by atoms with E-state index in [-0.39, 0.29) is 103 Å². The SMILES string of the molecule is O=C(O)CCCCCCCCCCCCCCCCC(=O)O.[KH].[KH]. The molecule has 0 fully saturated rings. The Morgan fingerprint density at radius 3 is 0.750 bits per heavy atom. The molecule has 0 bridgehead atoms. The van der Waals surface area contributed by atoms with Crippen molar-refractivity contribution in [2.24, 2.45) is 0 Å². The number of rotatable bonds is 17. The predicted octanol–water partition coefficient (Wildman–Crippen LogP) is 4.10. The minimum atomic E-state index is -0.679. The van der Waals surface area contributed by atoms with Gasteiger partial charge in [-0.3, -0.25) is 9.59 Å². The summed E-state index contributed by atoms with van der Waals surface area (Å²) in [4.78, 5) is 20.7. The van der Waals surface area contributed by atoms with Gasteiger partial charge < -0.3 is 10.2 Å². The number of carboxylic acids is 2. The first-order valence-corrected chi connectivity index (χ1v) is 9.06. The van der Waals surface area contributed by atoms with Crippen LogP contribution >= 0.6 is 0 Å². The van der Waals surface area contributed by atoms with Gasteiger partial charge in [0.1, 0.15) is 0 Å². The van der Waals surface area contributed by atoms with Gasteiger partial charge in [0.25, 0.3) is 0 Å². The molecular weight excluding hydrogens is 358 g/mol. The van der Waals surface area contributed by atoms with Crippen molar-refractivity contribution in [2.75, 3.05) is 0 Å². The molecule has 0 rings (SSSR count). The van der Waals surface area contributed by atoms with E-state index >= 15 is 0 Å². The molecule has 2 N–H and O–H groups in total. The third-order valence-corrected chi connectivity index (χ3v) is 4.03. The zero-order valence-electron chi connectivity index (χ0n) is 14.0. The van der Waals surface area contributed by atoms with E-state index in [2.05, 4.69) is 0 Å². The van der Waals surface area contributed by atoms with Crippen molar-refractivity contribution in [3.63, 3.8) is 0 Å². The molecule has 134 valence electrons. The van der Waals surface area contributed by atoms with Gasteiger partial charge in [-0.05, 0) is 12.8 Å². The van der Waals surface area contributed by atoms with Crippen LogP contribution in [-0.4, -0.2) is 125 Å². The first-order valence-electron chi connectivity index (χ1n) is 9.06. The molecule has 6 heteroatoms. The van der Waals surface area contributed by atoms with Crippen molar-refractivity contribution >= 4 is 115 Å². The Morgan fingerprint density at radius 2 is 0.583 bits per heavy atom. The van der Waals surface area contributed by atoms with Crippen LogP contribution in [0.5, 0.6) is 0 Å². The van der Waals surface area contributed by atoms with E-state index in [1.807, 2.05) is 0 Å². The van der Waals surface area contributed by atoms with Crippen LogP contribution in [0, 0.1) is 0 Å². The molecule has 0 aliphatic rings. The van der Waals surface area contributed by atoms with E-state index in [0.717, 1.165) is 25.7 Å². The Morgan fingerprint density at radius 1 is 0.417 bits per heavy atom. The first kappa shape index (κ1) is 30.9. The quantitative estimate of drug-likeness (QED) is 0.288. The summed E-state index contributed by atoms with van der Waals surface area (Å²) in [6, 6.07) is 0. The molecule has 4 nitrogen and oxygen atoms in total. The van der Waals surface area contributed by atoms with Gasteiger partial charge >= 0.3 is 115 Å². The molecular formula is C18H36K2O4. The van der Waals surface area contributed by atoms with Crippen LogP contribution in [0.1, 0.15) is 103 Å². The van der Waals surface area contributed by atoms with Gasteiger partial charge in [-0.25, -0.2) is 0 Å². The second-order valence-corrected chi connectivity index (χ2v) is 6.24. The number of aliphatic carboxylic acids is 2. The number of hydrogen-bond donors (Lipinski definition) is 2.